The molecule has 0 aliphatic heterocycles. The molecule has 1 N–H and O–H groups in total. The quantitative estimate of drug-likeness (QED) is 0.825. The highest BCUT2D eigenvalue weighted by Gasteiger charge is 2.04. The average molecular weight is 250 g/mol. The van der Waals surface area contributed by atoms with E-state index >= 15 is 0 Å². The average Bonchev–Trinajstić information content (AvgIpc) is 2.78. The zero-order valence-electron chi connectivity index (χ0n) is 9.74. The molecule has 1 aromatic carbocycles. The number of hydrogen-bond donors (Lipinski definition) is 1. The summed E-state index contributed by atoms with van der Waals surface area (Å²) >= 11 is 1.63. The summed E-state index contributed by atoms with van der Waals surface area (Å²) in [6.45, 7) is 3.99. The Labute approximate surface area is 105 Å². The van der Waals surface area contributed by atoms with Gasteiger partial charge >= 0.3 is 0 Å². The molecule has 2 nitrogen and oxygen atoms in total. The standard InChI is InChI=1S/C13H15FN2S/c1-2-15-7-6-13-16-12(9-17-13)10-4-3-5-11(14)8-10/h3-5,8-9,15H,2,6-7H2,1H3. The number of rotatable bonds is 5. The fourth-order valence-electron chi connectivity index (χ4n) is 1.58. The van der Waals surface area contributed by atoms with Crippen molar-refractivity contribution in [3.63, 3.8) is 0 Å². The Bertz CT molecular complexity index is 482. The van der Waals surface area contributed by atoms with E-state index < -0.39 is 0 Å². The number of halogens is 1. The fraction of sp³-hybridized carbons (Fsp3) is 0.308. The smallest absolute Gasteiger partial charge is 0.123 e. The summed E-state index contributed by atoms with van der Waals surface area (Å²) in [6.07, 6.45) is 0.924. The summed E-state index contributed by atoms with van der Waals surface area (Å²) in [5, 5.41) is 6.33. The Morgan fingerprint density at radius 1 is 1.41 bits per heavy atom. The Morgan fingerprint density at radius 2 is 2.29 bits per heavy atom. The van der Waals surface area contributed by atoms with Gasteiger partial charge in [0.05, 0.1) is 10.7 Å². The summed E-state index contributed by atoms with van der Waals surface area (Å²) in [7, 11) is 0. The van der Waals surface area contributed by atoms with Gasteiger partial charge in [-0.1, -0.05) is 19.1 Å². The Kier molecular flexibility index (Phi) is 4.23. The predicted octanol–water partition coefficient (Wildman–Crippen LogP) is 3.10. The second-order valence-electron chi connectivity index (χ2n) is 3.74. The first-order chi connectivity index (χ1) is 8.29. The molecule has 2 rings (SSSR count). The van der Waals surface area contributed by atoms with Crippen LogP contribution in [-0.2, 0) is 6.42 Å². The van der Waals surface area contributed by atoms with Crippen molar-refractivity contribution in [1.82, 2.24) is 10.3 Å². The van der Waals surface area contributed by atoms with E-state index in [1.54, 1.807) is 17.4 Å². The van der Waals surface area contributed by atoms with E-state index in [1.807, 2.05) is 11.4 Å². The summed E-state index contributed by atoms with van der Waals surface area (Å²) in [5.41, 5.74) is 1.71. The molecular formula is C13H15FN2S. The molecule has 0 saturated heterocycles. The molecule has 0 amide bonds. The number of nitrogens with one attached hydrogen (secondary N) is 1. The molecule has 1 aromatic heterocycles. The van der Waals surface area contributed by atoms with E-state index in [0.717, 1.165) is 35.8 Å². The Balaban J connectivity index is 2.07. The summed E-state index contributed by atoms with van der Waals surface area (Å²) in [5.74, 6) is -0.218. The van der Waals surface area contributed by atoms with Crippen LogP contribution >= 0.6 is 11.3 Å². The Hall–Kier alpha value is -1.26. The second-order valence-corrected chi connectivity index (χ2v) is 4.68. The van der Waals surface area contributed by atoms with Gasteiger partial charge in [-0.05, 0) is 18.7 Å². The van der Waals surface area contributed by atoms with Gasteiger partial charge in [-0.15, -0.1) is 11.3 Å². The van der Waals surface area contributed by atoms with Crippen molar-refractivity contribution in [3.05, 3.63) is 40.5 Å². The zero-order chi connectivity index (χ0) is 12.1. The normalized spacial score (nSPS) is 10.7. The number of aromatic nitrogens is 1. The molecule has 4 heteroatoms. The predicted molar refractivity (Wildman–Crippen MR) is 69.8 cm³/mol. The highest BCUT2D eigenvalue weighted by Crippen LogP contribution is 2.22. The van der Waals surface area contributed by atoms with Crippen LogP contribution in [0.15, 0.2) is 29.6 Å². The minimum Gasteiger partial charge on any atom is -0.317 e. The van der Waals surface area contributed by atoms with Crippen LogP contribution in [0, 0.1) is 5.82 Å². The van der Waals surface area contributed by atoms with Crippen molar-refractivity contribution in [3.8, 4) is 11.3 Å². The maximum Gasteiger partial charge on any atom is 0.123 e. The lowest BCUT2D eigenvalue weighted by atomic mass is 10.2. The lowest BCUT2D eigenvalue weighted by molar-refractivity contribution is 0.628. The van der Waals surface area contributed by atoms with Crippen LogP contribution in [0.3, 0.4) is 0 Å². The molecule has 0 fully saturated rings. The maximum absolute atomic E-state index is 13.1. The molecule has 90 valence electrons. The third-order valence-corrected chi connectivity index (χ3v) is 3.35. The third-order valence-electron chi connectivity index (χ3n) is 2.44. The van der Waals surface area contributed by atoms with Crippen LogP contribution in [0.2, 0.25) is 0 Å². The first kappa shape index (κ1) is 12.2. The molecule has 0 saturated carbocycles. The summed E-state index contributed by atoms with van der Waals surface area (Å²) < 4.78 is 13.1. The van der Waals surface area contributed by atoms with Gasteiger partial charge in [-0.3, -0.25) is 0 Å². The van der Waals surface area contributed by atoms with Gasteiger partial charge in [0.15, 0.2) is 0 Å². The van der Waals surface area contributed by atoms with E-state index in [1.165, 1.54) is 12.1 Å². The molecule has 1 heterocycles. The Morgan fingerprint density at radius 3 is 3.06 bits per heavy atom. The van der Waals surface area contributed by atoms with Crippen molar-refractivity contribution in [2.24, 2.45) is 0 Å². The number of hydrogen-bond acceptors (Lipinski definition) is 3. The van der Waals surface area contributed by atoms with E-state index in [2.05, 4.69) is 17.2 Å². The molecule has 2 aromatic rings. The number of nitrogens with zero attached hydrogens (tertiary/aromatic N) is 1. The maximum atomic E-state index is 13.1. The summed E-state index contributed by atoms with van der Waals surface area (Å²) in [6, 6.07) is 6.56. The molecule has 0 bridgehead atoms. The van der Waals surface area contributed by atoms with Gasteiger partial charge in [0, 0.05) is 23.9 Å². The van der Waals surface area contributed by atoms with Gasteiger partial charge in [0.1, 0.15) is 5.82 Å². The first-order valence-corrected chi connectivity index (χ1v) is 6.58. The summed E-state index contributed by atoms with van der Waals surface area (Å²) in [4.78, 5) is 4.51. The van der Waals surface area contributed by atoms with E-state index in [0.29, 0.717) is 0 Å². The fourth-order valence-corrected chi connectivity index (χ4v) is 2.39. The highest BCUT2D eigenvalue weighted by molar-refractivity contribution is 7.09. The lowest BCUT2D eigenvalue weighted by Crippen LogP contribution is -2.15. The number of thiazole rings is 1. The molecule has 0 aliphatic rings. The highest BCUT2D eigenvalue weighted by atomic mass is 32.1. The van der Waals surface area contributed by atoms with Crippen LogP contribution in [0.4, 0.5) is 4.39 Å². The van der Waals surface area contributed by atoms with Gasteiger partial charge in [-0.25, -0.2) is 9.37 Å². The monoisotopic (exact) mass is 250 g/mol. The SMILES string of the molecule is CCNCCc1nc(-c2cccc(F)c2)cs1. The minimum absolute atomic E-state index is 0.218. The third kappa shape index (κ3) is 3.35. The van der Waals surface area contributed by atoms with Crippen LogP contribution in [0.25, 0.3) is 11.3 Å². The second kappa shape index (κ2) is 5.89. The van der Waals surface area contributed by atoms with Gasteiger partial charge < -0.3 is 5.32 Å². The largest absolute Gasteiger partial charge is 0.317 e. The van der Waals surface area contributed by atoms with Crippen LogP contribution in [0.5, 0.6) is 0 Å². The number of benzene rings is 1. The minimum atomic E-state index is -0.218. The zero-order valence-corrected chi connectivity index (χ0v) is 10.6. The van der Waals surface area contributed by atoms with Crippen molar-refractivity contribution < 1.29 is 4.39 Å². The number of likely N-dealkylation sites (N-methyl/N-ethyl adjacent to an activating group) is 1. The van der Waals surface area contributed by atoms with Gasteiger partial charge in [-0.2, -0.15) is 0 Å². The molecule has 0 atom stereocenters. The van der Waals surface area contributed by atoms with Crippen LogP contribution in [0.1, 0.15) is 11.9 Å². The van der Waals surface area contributed by atoms with Crippen molar-refractivity contribution in [1.29, 1.82) is 0 Å². The van der Waals surface area contributed by atoms with E-state index in [-0.39, 0.29) is 5.82 Å². The van der Waals surface area contributed by atoms with Crippen molar-refractivity contribution in [2.75, 3.05) is 13.1 Å². The van der Waals surface area contributed by atoms with Crippen molar-refractivity contribution >= 4 is 11.3 Å². The van der Waals surface area contributed by atoms with Crippen molar-refractivity contribution in [2.45, 2.75) is 13.3 Å². The van der Waals surface area contributed by atoms with E-state index in [4.69, 9.17) is 0 Å². The molecule has 0 spiro atoms. The molecule has 0 unspecified atom stereocenters. The van der Waals surface area contributed by atoms with Gasteiger partial charge in [0.25, 0.3) is 0 Å². The first-order valence-electron chi connectivity index (χ1n) is 5.70. The van der Waals surface area contributed by atoms with Crippen LogP contribution < -0.4 is 5.32 Å². The molecule has 0 radical (unpaired) electrons. The lowest BCUT2D eigenvalue weighted by Gasteiger charge is -1.98. The topological polar surface area (TPSA) is 24.9 Å². The molecule has 0 aliphatic carbocycles. The molecule has 17 heavy (non-hydrogen) atoms. The van der Waals surface area contributed by atoms with Crippen LogP contribution in [-0.4, -0.2) is 18.1 Å². The van der Waals surface area contributed by atoms with Gasteiger partial charge in [0.2, 0.25) is 0 Å². The van der Waals surface area contributed by atoms with E-state index in [9.17, 15) is 4.39 Å². The molecular weight excluding hydrogens is 235 g/mol.